The summed E-state index contributed by atoms with van der Waals surface area (Å²) in [6.45, 7) is 1.05. The van der Waals surface area contributed by atoms with Crippen LogP contribution in [0, 0.1) is 0 Å². The Bertz CT molecular complexity index is 540. The molecule has 1 heterocycles. The van der Waals surface area contributed by atoms with E-state index in [4.69, 9.17) is 5.73 Å². The van der Waals surface area contributed by atoms with Crippen molar-refractivity contribution in [2.75, 3.05) is 12.3 Å². The molecule has 0 spiro atoms. The fourth-order valence-electron chi connectivity index (χ4n) is 1.46. The second kappa shape index (κ2) is 5.63. The van der Waals surface area contributed by atoms with E-state index in [9.17, 15) is 4.79 Å². The predicted molar refractivity (Wildman–Crippen MR) is 70.9 cm³/mol. The van der Waals surface area contributed by atoms with Gasteiger partial charge in [0.25, 0.3) is 5.91 Å². The first kappa shape index (κ1) is 12.6. The Morgan fingerprint density at radius 2 is 2.33 bits per heavy atom. The van der Waals surface area contributed by atoms with E-state index in [1.165, 1.54) is 0 Å². The van der Waals surface area contributed by atoms with Crippen LogP contribution in [0.1, 0.15) is 10.4 Å². The van der Waals surface area contributed by atoms with E-state index in [-0.39, 0.29) is 5.91 Å². The number of hydrogen-bond donors (Lipinski definition) is 2. The number of benzene rings is 1. The van der Waals surface area contributed by atoms with Crippen LogP contribution in [-0.4, -0.2) is 27.4 Å². The van der Waals surface area contributed by atoms with Crippen LogP contribution in [0.25, 0.3) is 0 Å². The lowest BCUT2D eigenvalue weighted by molar-refractivity contribution is 0.0951. The summed E-state index contributed by atoms with van der Waals surface area (Å²) in [5.74, 6) is -0.172. The first-order valence-electron chi connectivity index (χ1n) is 5.35. The average molecular weight is 310 g/mol. The molecule has 0 aliphatic heterocycles. The molecular weight excluding hydrogens is 298 g/mol. The van der Waals surface area contributed by atoms with Crippen LogP contribution in [0.2, 0.25) is 0 Å². The molecule has 1 aromatic heterocycles. The number of halogens is 1. The van der Waals surface area contributed by atoms with Crippen LogP contribution < -0.4 is 11.1 Å². The van der Waals surface area contributed by atoms with Crippen molar-refractivity contribution >= 4 is 27.5 Å². The van der Waals surface area contributed by atoms with Gasteiger partial charge in [-0.2, -0.15) is 0 Å². The van der Waals surface area contributed by atoms with E-state index in [1.54, 1.807) is 35.3 Å². The molecule has 1 amide bonds. The number of nitrogen functional groups attached to an aromatic ring is 1. The molecule has 0 unspecified atom stereocenters. The maximum atomic E-state index is 11.9. The van der Waals surface area contributed by atoms with Crippen molar-refractivity contribution in [1.29, 1.82) is 0 Å². The number of nitrogens with zero attached hydrogens (tertiary/aromatic N) is 3. The molecule has 0 radical (unpaired) electrons. The molecule has 1 aromatic carbocycles. The van der Waals surface area contributed by atoms with E-state index >= 15 is 0 Å². The van der Waals surface area contributed by atoms with Crippen molar-refractivity contribution in [2.45, 2.75) is 6.54 Å². The molecule has 0 saturated carbocycles. The lowest BCUT2D eigenvalue weighted by atomic mass is 10.2. The van der Waals surface area contributed by atoms with Crippen molar-refractivity contribution in [2.24, 2.45) is 0 Å². The molecule has 3 N–H and O–H groups in total. The highest BCUT2D eigenvalue weighted by Crippen LogP contribution is 2.23. The van der Waals surface area contributed by atoms with Gasteiger partial charge in [0.2, 0.25) is 0 Å². The first-order chi connectivity index (χ1) is 8.68. The van der Waals surface area contributed by atoms with Gasteiger partial charge in [0.1, 0.15) is 0 Å². The molecule has 0 aliphatic rings. The third kappa shape index (κ3) is 2.86. The molecule has 0 fully saturated rings. The molecule has 7 heteroatoms. The number of nitrogens with two attached hydrogens (primary N) is 1. The van der Waals surface area contributed by atoms with Crippen molar-refractivity contribution < 1.29 is 4.79 Å². The molecule has 0 aliphatic carbocycles. The summed E-state index contributed by atoms with van der Waals surface area (Å²) in [5.41, 5.74) is 6.78. The van der Waals surface area contributed by atoms with Crippen molar-refractivity contribution in [3.63, 3.8) is 0 Å². The maximum Gasteiger partial charge on any atom is 0.252 e. The molecule has 94 valence electrons. The van der Waals surface area contributed by atoms with Crippen LogP contribution in [0.5, 0.6) is 0 Å². The Labute approximate surface area is 112 Å². The number of hydrogen-bond acceptors (Lipinski definition) is 4. The summed E-state index contributed by atoms with van der Waals surface area (Å²) < 4.78 is 2.26. The van der Waals surface area contributed by atoms with Crippen molar-refractivity contribution in [3.05, 3.63) is 40.6 Å². The Kier molecular flexibility index (Phi) is 3.93. The zero-order chi connectivity index (χ0) is 13.0. The third-order valence-corrected chi connectivity index (χ3v) is 3.26. The Morgan fingerprint density at radius 1 is 1.50 bits per heavy atom. The van der Waals surface area contributed by atoms with E-state index < -0.39 is 0 Å². The molecule has 6 nitrogen and oxygen atoms in total. The third-order valence-electron chi connectivity index (χ3n) is 2.37. The lowest BCUT2D eigenvalue weighted by Crippen LogP contribution is -2.27. The molecule has 0 bridgehead atoms. The highest BCUT2D eigenvalue weighted by Gasteiger charge is 2.10. The van der Waals surface area contributed by atoms with Gasteiger partial charge in [-0.1, -0.05) is 11.3 Å². The van der Waals surface area contributed by atoms with Gasteiger partial charge >= 0.3 is 0 Å². The quantitative estimate of drug-likeness (QED) is 0.827. The minimum atomic E-state index is -0.172. The fourth-order valence-corrected chi connectivity index (χ4v) is 1.90. The van der Waals surface area contributed by atoms with Gasteiger partial charge in [0.05, 0.1) is 22.8 Å². The summed E-state index contributed by atoms with van der Waals surface area (Å²) in [4.78, 5) is 11.9. The van der Waals surface area contributed by atoms with Crippen molar-refractivity contribution in [3.8, 4) is 0 Å². The number of aromatic nitrogens is 3. The molecule has 18 heavy (non-hydrogen) atoms. The van der Waals surface area contributed by atoms with Crippen LogP contribution >= 0.6 is 15.9 Å². The summed E-state index contributed by atoms with van der Waals surface area (Å²) in [6, 6.07) is 5.19. The standard InChI is InChI=1S/C11H12BrN5O/c12-10-8(2-1-3-9(10)13)11(18)14-4-6-17-7-5-15-16-17/h1-3,5,7H,4,6,13H2,(H,14,18). The predicted octanol–water partition coefficient (Wildman–Crippen LogP) is 1.05. The van der Waals surface area contributed by atoms with E-state index in [1.807, 2.05) is 0 Å². The number of amides is 1. The molecule has 0 saturated heterocycles. The second-order valence-corrected chi connectivity index (χ2v) is 4.42. The van der Waals surface area contributed by atoms with Gasteiger partial charge < -0.3 is 11.1 Å². The Balaban J connectivity index is 1.93. The largest absolute Gasteiger partial charge is 0.398 e. The number of nitrogens with one attached hydrogen (secondary N) is 1. The van der Waals surface area contributed by atoms with Gasteiger partial charge in [0.15, 0.2) is 0 Å². The van der Waals surface area contributed by atoms with Gasteiger partial charge in [-0.15, -0.1) is 5.10 Å². The second-order valence-electron chi connectivity index (χ2n) is 3.63. The average Bonchev–Trinajstić information content (AvgIpc) is 2.85. The number of rotatable bonds is 4. The Morgan fingerprint density at radius 3 is 3.06 bits per heavy atom. The smallest absolute Gasteiger partial charge is 0.252 e. The van der Waals surface area contributed by atoms with Gasteiger partial charge in [0, 0.05) is 18.4 Å². The maximum absolute atomic E-state index is 11.9. The minimum absolute atomic E-state index is 0.172. The van der Waals surface area contributed by atoms with E-state index in [0.29, 0.717) is 28.8 Å². The van der Waals surface area contributed by atoms with Crippen LogP contribution in [0.4, 0.5) is 5.69 Å². The fraction of sp³-hybridized carbons (Fsp3) is 0.182. The number of carbonyl (C=O) groups is 1. The summed E-state index contributed by atoms with van der Waals surface area (Å²) >= 11 is 3.30. The van der Waals surface area contributed by atoms with E-state index in [2.05, 4.69) is 31.6 Å². The van der Waals surface area contributed by atoms with Crippen molar-refractivity contribution in [1.82, 2.24) is 20.3 Å². The van der Waals surface area contributed by atoms with Crippen LogP contribution in [0.15, 0.2) is 35.1 Å². The normalized spacial score (nSPS) is 10.3. The Hall–Kier alpha value is -1.89. The molecule has 2 aromatic rings. The van der Waals surface area contributed by atoms with E-state index in [0.717, 1.165) is 0 Å². The van der Waals surface area contributed by atoms with Gasteiger partial charge in [-0.3, -0.25) is 9.48 Å². The van der Waals surface area contributed by atoms with Crippen LogP contribution in [0.3, 0.4) is 0 Å². The molecule has 0 atom stereocenters. The van der Waals surface area contributed by atoms with Crippen LogP contribution in [-0.2, 0) is 6.54 Å². The monoisotopic (exact) mass is 309 g/mol. The van der Waals surface area contributed by atoms with Gasteiger partial charge in [-0.25, -0.2) is 0 Å². The zero-order valence-electron chi connectivity index (χ0n) is 9.51. The summed E-state index contributed by atoms with van der Waals surface area (Å²) in [5, 5.41) is 10.3. The highest BCUT2D eigenvalue weighted by atomic mass is 79.9. The molecule has 2 rings (SSSR count). The lowest BCUT2D eigenvalue weighted by Gasteiger charge is -2.08. The topological polar surface area (TPSA) is 85.8 Å². The number of carbonyl (C=O) groups excluding carboxylic acids is 1. The summed E-state index contributed by atoms with van der Waals surface area (Å²) in [7, 11) is 0. The first-order valence-corrected chi connectivity index (χ1v) is 6.14. The SMILES string of the molecule is Nc1cccc(C(=O)NCCn2ccnn2)c1Br. The summed E-state index contributed by atoms with van der Waals surface area (Å²) in [6.07, 6.45) is 3.33. The minimum Gasteiger partial charge on any atom is -0.398 e. The molecular formula is C11H12BrN5O. The zero-order valence-corrected chi connectivity index (χ0v) is 11.1. The highest BCUT2D eigenvalue weighted by molar-refractivity contribution is 9.10. The number of anilines is 1. The van der Waals surface area contributed by atoms with Gasteiger partial charge in [-0.05, 0) is 28.1 Å².